The Morgan fingerprint density at radius 2 is 2.19 bits per heavy atom. The number of pyridine rings is 1. The van der Waals surface area contributed by atoms with E-state index in [9.17, 15) is 0 Å². The van der Waals surface area contributed by atoms with E-state index in [-0.39, 0.29) is 0 Å². The molecule has 1 unspecified atom stereocenters. The first-order valence-electron chi connectivity index (χ1n) is 7.92. The van der Waals surface area contributed by atoms with Gasteiger partial charge in [0.25, 0.3) is 0 Å². The molecule has 2 rings (SSSR count). The van der Waals surface area contributed by atoms with Crippen LogP contribution in [0.5, 0.6) is 0 Å². The fourth-order valence-corrected chi connectivity index (χ4v) is 2.96. The molecule has 0 spiro atoms. The van der Waals surface area contributed by atoms with Crippen LogP contribution in [0.1, 0.15) is 32.4 Å². The molecule has 1 aromatic heterocycles. The molecule has 0 amide bonds. The Morgan fingerprint density at radius 1 is 1.38 bits per heavy atom. The van der Waals surface area contributed by atoms with E-state index in [1.165, 1.54) is 13.0 Å². The predicted octanol–water partition coefficient (Wildman–Crippen LogP) is 3.08. The summed E-state index contributed by atoms with van der Waals surface area (Å²) in [6.45, 7) is 9.59. The van der Waals surface area contributed by atoms with Crippen LogP contribution in [0.4, 0.5) is 5.82 Å². The van der Waals surface area contributed by atoms with E-state index in [0.29, 0.717) is 6.04 Å². The van der Waals surface area contributed by atoms with Crippen molar-refractivity contribution in [2.24, 2.45) is 0 Å². The first-order valence-corrected chi connectivity index (χ1v) is 8.29. The molecule has 1 aromatic rings. The Bertz CT molecular complexity index is 452. The van der Waals surface area contributed by atoms with Crippen LogP contribution < -0.4 is 5.32 Å². The van der Waals surface area contributed by atoms with Gasteiger partial charge in [0.2, 0.25) is 0 Å². The lowest BCUT2D eigenvalue weighted by Gasteiger charge is -2.27. The van der Waals surface area contributed by atoms with Gasteiger partial charge < -0.3 is 10.2 Å². The van der Waals surface area contributed by atoms with Gasteiger partial charge in [-0.1, -0.05) is 18.5 Å². The van der Waals surface area contributed by atoms with E-state index in [1.54, 1.807) is 0 Å². The molecule has 21 heavy (non-hydrogen) atoms. The average molecular weight is 311 g/mol. The summed E-state index contributed by atoms with van der Waals surface area (Å²) >= 11 is 6.34. The maximum absolute atomic E-state index is 6.34. The van der Waals surface area contributed by atoms with Gasteiger partial charge in [-0.05, 0) is 45.5 Å². The van der Waals surface area contributed by atoms with E-state index in [1.807, 2.05) is 12.1 Å². The summed E-state index contributed by atoms with van der Waals surface area (Å²) in [6, 6.07) is 4.44. The second-order valence-electron chi connectivity index (χ2n) is 5.99. The van der Waals surface area contributed by atoms with Crippen LogP contribution in [0, 0.1) is 0 Å². The quantitative estimate of drug-likeness (QED) is 0.905. The van der Waals surface area contributed by atoms with E-state index in [4.69, 9.17) is 11.6 Å². The zero-order valence-electron chi connectivity index (χ0n) is 13.4. The molecule has 1 aliphatic rings. The Morgan fingerprint density at radius 3 is 2.95 bits per heavy atom. The maximum Gasteiger partial charge on any atom is 0.126 e. The van der Waals surface area contributed by atoms with Crippen LogP contribution >= 0.6 is 11.6 Å². The Kier molecular flexibility index (Phi) is 6.27. The minimum atomic E-state index is 0.530. The zero-order valence-corrected chi connectivity index (χ0v) is 14.2. The maximum atomic E-state index is 6.34. The SMILES string of the molecule is CCCNc1ccc(Cl)c(CN2CCCN(C)CC2C)n1. The topological polar surface area (TPSA) is 31.4 Å². The van der Waals surface area contributed by atoms with Gasteiger partial charge in [-0.3, -0.25) is 4.90 Å². The highest BCUT2D eigenvalue weighted by Crippen LogP contribution is 2.20. The van der Waals surface area contributed by atoms with E-state index in [2.05, 4.69) is 41.0 Å². The minimum Gasteiger partial charge on any atom is -0.370 e. The number of rotatable bonds is 5. The summed E-state index contributed by atoms with van der Waals surface area (Å²) in [7, 11) is 2.19. The molecule has 0 saturated carbocycles. The highest BCUT2D eigenvalue weighted by molar-refractivity contribution is 6.31. The summed E-state index contributed by atoms with van der Waals surface area (Å²) < 4.78 is 0. The molecule has 0 aliphatic carbocycles. The second-order valence-corrected chi connectivity index (χ2v) is 6.39. The fourth-order valence-electron chi connectivity index (χ4n) is 2.80. The van der Waals surface area contributed by atoms with E-state index < -0.39 is 0 Å². The normalized spacial score (nSPS) is 21.2. The number of likely N-dealkylation sites (N-methyl/N-ethyl adjacent to an activating group) is 1. The Labute approximate surface area is 133 Å². The number of anilines is 1. The van der Waals surface area contributed by atoms with Crippen molar-refractivity contribution in [3.05, 3.63) is 22.8 Å². The van der Waals surface area contributed by atoms with Crippen molar-refractivity contribution in [2.75, 3.05) is 38.5 Å². The smallest absolute Gasteiger partial charge is 0.126 e. The standard InChI is InChI=1S/C16H27ClN4/c1-4-8-18-16-7-6-14(17)15(19-16)12-21-10-5-9-20(3)11-13(21)2/h6-7,13H,4-5,8-12H2,1-3H3,(H,18,19). The van der Waals surface area contributed by atoms with Gasteiger partial charge in [0.15, 0.2) is 0 Å². The molecule has 1 N–H and O–H groups in total. The lowest BCUT2D eigenvalue weighted by atomic mass is 10.2. The summed E-state index contributed by atoms with van der Waals surface area (Å²) in [5.74, 6) is 0.927. The lowest BCUT2D eigenvalue weighted by molar-refractivity contribution is 0.192. The molecule has 118 valence electrons. The molecule has 0 radical (unpaired) electrons. The lowest BCUT2D eigenvalue weighted by Crippen LogP contribution is -2.37. The van der Waals surface area contributed by atoms with Crippen LogP contribution in [0.2, 0.25) is 5.02 Å². The highest BCUT2D eigenvalue weighted by atomic mass is 35.5. The fraction of sp³-hybridized carbons (Fsp3) is 0.688. The number of nitrogens with one attached hydrogen (secondary N) is 1. The second kappa shape index (κ2) is 7.97. The van der Waals surface area contributed by atoms with E-state index >= 15 is 0 Å². The molecular weight excluding hydrogens is 284 g/mol. The number of hydrogen-bond donors (Lipinski definition) is 1. The van der Waals surface area contributed by atoms with Gasteiger partial charge in [0.05, 0.1) is 10.7 Å². The third kappa shape index (κ3) is 4.83. The van der Waals surface area contributed by atoms with Crippen molar-refractivity contribution in [1.82, 2.24) is 14.8 Å². The van der Waals surface area contributed by atoms with Gasteiger partial charge in [-0.2, -0.15) is 0 Å². The van der Waals surface area contributed by atoms with Gasteiger partial charge in [-0.25, -0.2) is 4.98 Å². The van der Waals surface area contributed by atoms with Crippen molar-refractivity contribution in [2.45, 2.75) is 39.3 Å². The first kappa shape index (κ1) is 16.5. The van der Waals surface area contributed by atoms with Crippen molar-refractivity contribution in [1.29, 1.82) is 0 Å². The Balaban J connectivity index is 2.06. The minimum absolute atomic E-state index is 0.530. The third-order valence-electron chi connectivity index (χ3n) is 4.01. The Hall–Kier alpha value is -0.840. The summed E-state index contributed by atoms with van der Waals surface area (Å²) in [4.78, 5) is 9.58. The van der Waals surface area contributed by atoms with Gasteiger partial charge in [-0.15, -0.1) is 0 Å². The molecule has 1 aliphatic heterocycles. The van der Waals surface area contributed by atoms with Crippen molar-refractivity contribution in [3.63, 3.8) is 0 Å². The predicted molar refractivity (Wildman–Crippen MR) is 90.0 cm³/mol. The summed E-state index contributed by atoms with van der Waals surface area (Å²) in [5.41, 5.74) is 0.981. The summed E-state index contributed by atoms with van der Waals surface area (Å²) in [5, 5.41) is 4.10. The van der Waals surface area contributed by atoms with E-state index in [0.717, 1.165) is 49.1 Å². The number of hydrogen-bond acceptors (Lipinski definition) is 4. The molecular formula is C16H27ClN4. The van der Waals surface area contributed by atoms with Crippen molar-refractivity contribution >= 4 is 17.4 Å². The molecule has 0 aromatic carbocycles. The molecule has 1 fully saturated rings. The zero-order chi connectivity index (χ0) is 15.2. The number of halogens is 1. The molecule has 1 saturated heterocycles. The molecule has 2 heterocycles. The molecule has 5 heteroatoms. The van der Waals surface area contributed by atoms with Crippen LogP contribution in [0.15, 0.2) is 12.1 Å². The third-order valence-corrected chi connectivity index (χ3v) is 4.36. The van der Waals surface area contributed by atoms with Gasteiger partial charge >= 0.3 is 0 Å². The van der Waals surface area contributed by atoms with Gasteiger partial charge in [0.1, 0.15) is 5.82 Å². The van der Waals surface area contributed by atoms with Crippen molar-refractivity contribution < 1.29 is 0 Å². The molecule has 0 bridgehead atoms. The average Bonchev–Trinajstić information content (AvgIpc) is 2.61. The number of aromatic nitrogens is 1. The molecule has 4 nitrogen and oxygen atoms in total. The highest BCUT2D eigenvalue weighted by Gasteiger charge is 2.21. The summed E-state index contributed by atoms with van der Waals surface area (Å²) in [6.07, 6.45) is 2.29. The van der Waals surface area contributed by atoms with Crippen LogP contribution in [-0.2, 0) is 6.54 Å². The largest absolute Gasteiger partial charge is 0.370 e. The molecule has 1 atom stereocenters. The first-order chi connectivity index (χ1) is 10.1. The van der Waals surface area contributed by atoms with Crippen molar-refractivity contribution in [3.8, 4) is 0 Å². The monoisotopic (exact) mass is 310 g/mol. The number of nitrogens with zero attached hydrogens (tertiary/aromatic N) is 3. The van der Waals surface area contributed by atoms with Crippen LogP contribution in [-0.4, -0.2) is 54.1 Å². The van der Waals surface area contributed by atoms with Crippen LogP contribution in [0.25, 0.3) is 0 Å². The van der Waals surface area contributed by atoms with Gasteiger partial charge in [0, 0.05) is 32.2 Å². The van der Waals surface area contributed by atoms with Crippen LogP contribution in [0.3, 0.4) is 0 Å².